The first-order chi connectivity index (χ1) is 9.10. The standard InChI is InChI=1S/C15H22N4/c1-12(2)11-18-5-7-19(8-6-18)15-4-3-14(17)9-13(15)10-16/h3-4,9,12H,5-8,11,17H2,1-2H3. The number of nitrogens with zero attached hydrogens (tertiary/aromatic N) is 3. The molecule has 2 N–H and O–H groups in total. The van der Waals surface area contributed by atoms with Crippen LogP contribution in [0.5, 0.6) is 0 Å². The van der Waals surface area contributed by atoms with Gasteiger partial charge in [0, 0.05) is 38.4 Å². The molecule has 0 amide bonds. The van der Waals surface area contributed by atoms with Crippen LogP contribution in [0.2, 0.25) is 0 Å². The van der Waals surface area contributed by atoms with Crippen LogP contribution in [-0.2, 0) is 0 Å². The van der Waals surface area contributed by atoms with Gasteiger partial charge in [-0.3, -0.25) is 4.90 Å². The average Bonchev–Trinajstić information content (AvgIpc) is 2.39. The van der Waals surface area contributed by atoms with Gasteiger partial charge in [0.15, 0.2) is 0 Å². The lowest BCUT2D eigenvalue weighted by Gasteiger charge is -2.37. The van der Waals surface area contributed by atoms with Crippen molar-refractivity contribution >= 4 is 11.4 Å². The predicted octanol–water partition coefficient (Wildman–Crippen LogP) is 1.92. The Balaban J connectivity index is 2.04. The van der Waals surface area contributed by atoms with E-state index in [1.54, 1.807) is 6.07 Å². The number of piperazine rings is 1. The molecule has 0 unspecified atom stereocenters. The highest BCUT2D eigenvalue weighted by atomic mass is 15.3. The van der Waals surface area contributed by atoms with Gasteiger partial charge in [0.1, 0.15) is 6.07 Å². The second kappa shape index (κ2) is 5.94. The van der Waals surface area contributed by atoms with Gasteiger partial charge in [-0.15, -0.1) is 0 Å². The molecule has 19 heavy (non-hydrogen) atoms. The molecule has 4 nitrogen and oxygen atoms in total. The van der Waals surface area contributed by atoms with Gasteiger partial charge in [-0.05, 0) is 24.1 Å². The number of hydrogen-bond acceptors (Lipinski definition) is 4. The maximum Gasteiger partial charge on any atom is 0.101 e. The van der Waals surface area contributed by atoms with Crippen molar-refractivity contribution in [1.82, 2.24) is 4.90 Å². The van der Waals surface area contributed by atoms with E-state index in [0.717, 1.165) is 38.4 Å². The SMILES string of the molecule is CC(C)CN1CCN(c2ccc(N)cc2C#N)CC1. The summed E-state index contributed by atoms with van der Waals surface area (Å²) in [6, 6.07) is 7.84. The number of anilines is 2. The number of benzene rings is 1. The van der Waals surface area contributed by atoms with Crippen LogP contribution in [0.4, 0.5) is 11.4 Å². The van der Waals surface area contributed by atoms with Crippen LogP contribution in [0.25, 0.3) is 0 Å². The highest BCUT2D eigenvalue weighted by Gasteiger charge is 2.19. The van der Waals surface area contributed by atoms with Crippen LogP contribution in [-0.4, -0.2) is 37.6 Å². The van der Waals surface area contributed by atoms with Crippen molar-refractivity contribution in [3.63, 3.8) is 0 Å². The molecule has 102 valence electrons. The van der Waals surface area contributed by atoms with E-state index in [4.69, 9.17) is 5.73 Å². The summed E-state index contributed by atoms with van der Waals surface area (Å²) in [6.07, 6.45) is 0. The molecule has 0 aromatic heterocycles. The van der Waals surface area contributed by atoms with Crippen molar-refractivity contribution in [2.24, 2.45) is 5.92 Å². The maximum absolute atomic E-state index is 9.20. The smallest absolute Gasteiger partial charge is 0.101 e. The minimum Gasteiger partial charge on any atom is -0.399 e. The summed E-state index contributed by atoms with van der Waals surface area (Å²) in [4.78, 5) is 4.78. The van der Waals surface area contributed by atoms with Gasteiger partial charge in [-0.1, -0.05) is 13.8 Å². The quantitative estimate of drug-likeness (QED) is 0.842. The summed E-state index contributed by atoms with van der Waals surface area (Å²) in [5, 5.41) is 9.20. The second-order valence-electron chi connectivity index (χ2n) is 5.57. The molecule has 1 aromatic carbocycles. The first-order valence-electron chi connectivity index (χ1n) is 6.87. The Hall–Kier alpha value is -1.73. The number of nitrogen functional groups attached to an aromatic ring is 1. The molecule has 0 saturated carbocycles. The molecule has 1 saturated heterocycles. The van der Waals surface area contributed by atoms with Gasteiger partial charge >= 0.3 is 0 Å². The molecule has 4 heteroatoms. The number of nitriles is 1. The molecule has 1 heterocycles. The van der Waals surface area contributed by atoms with E-state index in [1.165, 1.54) is 0 Å². The van der Waals surface area contributed by atoms with Crippen molar-refractivity contribution < 1.29 is 0 Å². The van der Waals surface area contributed by atoms with Crippen LogP contribution in [0, 0.1) is 17.2 Å². The van der Waals surface area contributed by atoms with Crippen LogP contribution in [0.3, 0.4) is 0 Å². The molecule has 0 bridgehead atoms. The number of nitrogens with two attached hydrogens (primary N) is 1. The molecule has 1 aromatic rings. The zero-order chi connectivity index (χ0) is 13.8. The number of hydrogen-bond donors (Lipinski definition) is 1. The summed E-state index contributed by atoms with van der Waals surface area (Å²) >= 11 is 0. The third-order valence-corrected chi connectivity index (χ3v) is 3.48. The van der Waals surface area contributed by atoms with E-state index >= 15 is 0 Å². The fraction of sp³-hybridized carbons (Fsp3) is 0.533. The van der Waals surface area contributed by atoms with Gasteiger partial charge < -0.3 is 10.6 Å². The van der Waals surface area contributed by atoms with E-state index in [0.29, 0.717) is 17.2 Å². The van der Waals surface area contributed by atoms with Crippen molar-refractivity contribution in [2.75, 3.05) is 43.4 Å². The van der Waals surface area contributed by atoms with E-state index < -0.39 is 0 Å². The molecular weight excluding hydrogens is 236 g/mol. The Morgan fingerprint density at radius 1 is 1.26 bits per heavy atom. The monoisotopic (exact) mass is 258 g/mol. The van der Waals surface area contributed by atoms with Crippen LogP contribution in [0.15, 0.2) is 18.2 Å². The van der Waals surface area contributed by atoms with Crippen LogP contribution >= 0.6 is 0 Å². The lowest BCUT2D eigenvalue weighted by atomic mass is 10.1. The van der Waals surface area contributed by atoms with E-state index in [1.807, 2.05) is 12.1 Å². The van der Waals surface area contributed by atoms with Crippen LogP contribution < -0.4 is 10.6 Å². The fourth-order valence-corrected chi connectivity index (χ4v) is 2.61. The average molecular weight is 258 g/mol. The molecule has 0 aliphatic carbocycles. The molecule has 1 aliphatic rings. The lowest BCUT2D eigenvalue weighted by molar-refractivity contribution is 0.231. The Bertz CT molecular complexity index is 468. The molecule has 0 atom stereocenters. The minimum atomic E-state index is 0.652. The molecule has 2 rings (SSSR count). The topological polar surface area (TPSA) is 56.3 Å². The Morgan fingerprint density at radius 2 is 1.95 bits per heavy atom. The van der Waals surface area contributed by atoms with Crippen molar-refractivity contribution in [2.45, 2.75) is 13.8 Å². The predicted molar refractivity (Wildman–Crippen MR) is 79.1 cm³/mol. The summed E-state index contributed by atoms with van der Waals surface area (Å²) in [6.45, 7) is 9.73. The summed E-state index contributed by atoms with van der Waals surface area (Å²) < 4.78 is 0. The zero-order valence-electron chi connectivity index (χ0n) is 11.8. The maximum atomic E-state index is 9.20. The summed E-state index contributed by atoms with van der Waals surface area (Å²) in [7, 11) is 0. The summed E-state index contributed by atoms with van der Waals surface area (Å²) in [5.74, 6) is 0.706. The third-order valence-electron chi connectivity index (χ3n) is 3.48. The molecule has 0 spiro atoms. The fourth-order valence-electron chi connectivity index (χ4n) is 2.61. The second-order valence-corrected chi connectivity index (χ2v) is 5.57. The Kier molecular flexibility index (Phi) is 4.28. The Labute approximate surface area is 115 Å². The largest absolute Gasteiger partial charge is 0.399 e. The molecule has 1 fully saturated rings. The normalized spacial score (nSPS) is 16.6. The molecule has 0 radical (unpaired) electrons. The van der Waals surface area contributed by atoms with Crippen molar-refractivity contribution in [3.8, 4) is 6.07 Å². The van der Waals surface area contributed by atoms with Crippen molar-refractivity contribution in [1.29, 1.82) is 5.26 Å². The van der Waals surface area contributed by atoms with Gasteiger partial charge in [0.2, 0.25) is 0 Å². The highest BCUT2D eigenvalue weighted by molar-refractivity contribution is 5.64. The van der Waals surface area contributed by atoms with Gasteiger partial charge in [-0.25, -0.2) is 0 Å². The van der Waals surface area contributed by atoms with E-state index in [2.05, 4.69) is 29.7 Å². The van der Waals surface area contributed by atoms with Crippen LogP contribution in [0.1, 0.15) is 19.4 Å². The molecular formula is C15H22N4. The van der Waals surface area contributed by atoms with Gasteiger partial charge in [0.25, 0.3) is 0 Å². The first-order valence-corrected chi connectivity index (χ1v) is 6.87. The highest BCUT2D eigenvalue weighted by Crippen LogP contribution is 2.23. The molecule has 1 aliphatic heterocycles. The van der Waals surface area contributed by atoms with E-state index in [-0.39, 0.29) is 0 Å². The number of rotatable bonds is 3. The summed E-state index contributed by atoms with van der Waals surface area (Å²) in [5.41, 5.74) is 8.08. The third kappa shape index (κ3) is 3.39. The van der Waals surface area contributed by atoms with Crippen molar-refractivity contribution in [3.05, 3.63) is 23.8 Å². The van der Waals surface area contributed by atoms with Gasteiger partial charge in [0.05, 0.1) is 11.3 Å². The lowest BCUT2D eigenvalue weighted by Crippen LogP contribution is -2.47. The van der Waals surface area contributed by atoms with Gasteiger partial charge in [-0.2, -0.15) is 5.26 Å². The Morgan fingerprint density at radius 3 is 2.53 bits per heavy atom. The first kappa shape index (κ1) is 13.7. The zero-order valence-corrected chi connectivity index (χ0v) is 11.8. The van der Waals surface area contributed by atoms with E-state index in [9.17, 15) is 5.26 Å². The minimum absolute atomic E-state index is 0.652.